The van der Waals surface area contributed by atoms with Gasteiger partial charge in [-0.15, -0.1) is 16.4 Å². The standard InChI is InChI=1S/C25H25Cl2N5O4S3/c1-16(2)38(33,34)21-8-9-22(37-21)39(35,36)32-19-5-3-4-18(27)23(19)24(29-32)31-13-12-30(15-25(31)10-11-25)20-7-6-17(26)14-28-20/h3-9,14,16H,10-13,15H2,1-2H3. The molecule has 0 N–H and O–H groups in total. The highest BCUT2D eigenvalue weighted by atomic mass is 35.5. The summed E-state index contributed by atoms with van der Waals surface area (Å²) >= 11 is 13.4. The Labute approximate surface area is 240 Å². The molecule has 4 aromatic rings. The van der Waals surface area contributed by atoms with Gasteiger partial charge in [-0.05, 0) is 63.1 Å². The number of piperazine rings is 1. The van der Waals surface area contributed by atoms with E-state index in [1.54, 1.807) is 38.2 Å². The molecule has 0 amide bonds. The van der Waals surface area contributed by atoms with E-state index in [0.717, 1.165) is 34.1 Å². The van der Waals surface area contributed by atoms with Crippen molar-refractivity contribution < 1.29 is 16.8 Å². The highest BCUT2D eigenvalue weighted by Crippen LogP contribution is 2.49. The van der Waals surface area contributed by atoms with Gasteiger partial charge >= 0.3 is 0 Å². The number of thiophene rings is 1. The number of anilines is 2. The van der Waals surface area contributed by atoms with E-state index in [-0.39, 0.29) is 14.0 Å². The van der Waals surface area contributed by atoms with Crippen molar-refractivity contribution in [3.8, 4) is 0 Å². The van der Waals surface area contributed by atoms with Crippen molar-refractivity contribution in [2.24, 2.45) is 0 Å². The fraction of sp³-hybridized carbons (Fsp3) is 0.360. The van der Waals surface area contributed by atoms with E-state index in [1.807, 2.05) is 12.1 Å². The molecule has 206 valence electrons. The zero-order valence-corrected chi connectivity index (χ0v) is 25.0. The van der Waals surface area contributed by atoms with Crippen LogP contribution in [0.5, 0.6) is 0 Å². The Morgan fingerprint density at radius 3 is 2.38 bits per heavy atom. The van der Waals surface area contributed by atoms with Crippen LogP contribution in [0.25, 0.3) is 10.9 Å². The molecule has 0 atom stereocenters. The molecule has 2 aliphatic rings. The van der Waals surface area contributed by atoms with Crippen molar-refractivity contribution in [3.63, 3.8) is 0 Å². The summed E-state index contributed by atoms with van der Waals surface area (Å²) in [6, 6.07) is 11.5. The zero-order chi connectivity index (χ0) is 27.7. The van der Waals surface area contributed by atoms with Gasteiger partial charge in [0.05, 0.1) is 31.7 Å². The Morgan fingerprint density at radius 2 is 1.72 bits per heavy atom. The van der Waals surface area contributed by atoms with Gasteiger partial charge in [-0.2, -0.15) is 12.5 Å². The van der Waals surface area contributed by atoms with E-state index in [4.69, 9.17) is 23.2 Å². The minimum atomic E-state index is -4.20. The molecule has 1 aliphatic carbocycles. The summed E-state index contributed by atoms with van der Waals surface area (Å²) in [7, 11) is -7.82. The summed E-state index contributed by atoms with van der Waals surface area (Å²) in [5.74, 6) is 1.35. The third kappa shape index (κ3) is 4.40. The summed E-state index contributed by atoms with van der Waals surface area (Å²) in [6.45, 7) is 5.08. The summed E-state index contributed by atoms with van der Waals surface area (Å²) in [4.78, 5) is 8.85. The summed E-state index contributed by atoms with van der Waals surface area (Å²) in [5.41, 5.74) is 0.118. The van der Waals surface area contributed by atoms with Crippen LogP contribution in [0.15, 0.2) is 57.1 Å². The van der Waals surface area contributed by atoms with Crippen LogP contribution in [0, 0.1) is 0 Å². The third-order valence-electron chi connectivity index (χ3n) is 7.32. The van der Waals surface area contributed by atoms with Gasteiger partial charge in [-0.3, -0.25) is 0 Å². The molecule has 1 aliphatic heterocycles. The van der Waals surface area contributed by atoms with Crippen LogP contribution >= 0.6 is 34.5 Å². The molecular formula is C25H25Cl2N5O4S3. The maximum Gasteiger partial charge on any atom is 0.293 e. The number of halogens is 2. The molecule has 0 bridgehead atoms. The Bertz CT molecular complexity index is 1800. The second-order valence-electron chi connectivity index (χ2n) is 10.1. The molecule has 39 heavy (non-hydrogen) atoms. The fourth-order valence-corrected chi connectivity index (χ4v) is 9.94. The lowest BCUT2D eigenvalue weighted by Gasteiger charge is -2.43. The highest BCUT2D eigenvalue weighted by molar-refractivity contribution is 7.95. The van der Waals surface area contributed by atoms with Crippen molar-refractivity contribution >= 4 is 76.9 Å². The van der Waals surface area contributed by atoms with Crippen LogP contribution in [-0.4, -0.2) is 61.4 Å². The van der Waals surface area contributed by atoms with Crippen LogP contribution in [0.2, 0.25) is 10.0 Å². The molecule has 6 rings (SSSR count). The molecule has 14 heteroatoms. The van der Waals surface area contributed by atoms with Gasteiger partial charge in [0.1, 0.15) is 14.2 Å². The largest absolute Gasteiger partial charge is 0.352 e. The summed E-state index contributed by atoms with van der Waals surface area (Å²) < 4.78 is 53.9. The fourth-order valence-electron chi connectivity index (χ4n) is 5.00. The summed E-state index contributed by atoms with van der Waals surface area (Å²) in [5, 5.41) is 5.51. The van der Waals surface area contributed by atoms with E-state index >= 15 is 0 Å². The van der Waals surface area contributed by atoms with Gasteiger partial charge in [-0.1, -0.05) is 29.3 Å². The van der Waals surface area contributed by atoms with E-state index in [0.29, 0.717) is 46.4 Å². The smallest absolute Gasteiger partial charge is 0.293 e. The van der Waals surface area contributed by atoms with Gasteiger partial charge in [0.15, 0.2) is 15.7 Å². The first-order valence-electron chi connectivity index (χ1n) is 12.3. The second-order valence-corrected chi connectivity index (χ2v) is 16.8. The van der Waals surface area contributed by atoms with Crippen molar-refractivity contribution in [3.05, 3.63) is 58.7 Å². The van der Waals surface area contributed by atoms with Gasteiger partial charge in [0.25, 0.3) is 10.0 Å². The number of aromatic nitrogens is 3. The lowest BCUT2D eigenvalue weighted by atomic mass is 10.1. The first-order valence-corrected chi connectivity index (χ1v) is 16.9. The zero-order valence-electron chi connectivity index (χ0n) is 21.1. The molecule has 0 radical (unpaired) electrons. The Balaban J connectivity index is 1.41. The van der Waals surface area contributed by atoms with Gasteiger partial charge < -0.3 is 9.80 Å². The van der Waals surface area contributed by atoms with Crippen LogP contribution in [0.4, 0.5) is 11.6 Å². The Morgan fingerprint density at radius 1 is 0.974 bits per heavy atom. The van der Waals surface area contributed by atoms with E-state index in [1.165, 1.54) is 12.1 Å². The lowest BCUT2D eigenvalue weighted by Crippen LogP contribution is -2.55. The number of benzene rings is 1. The SMILES string of the molecule is CC(C)S(=O)(=O)c1ccc(S(=O)(=O)n2nc(N3CCN(c4ccc(Cl)cn4)CC34CC4)c3c(Cl)cccc32)s1. The predicted molar refractivity (Wildman–Crippen MR) is 155 cm³/mol. The maximum atomic E-state index is 13.8. The van der Waals surface area contributed by atoms with E-state index < -0.39 is 25.1 Å². The maximum absolute atomic E-state index is 13.8. The Hall–Kier alpha value is -2.38. The minimum Gasteiger partial charge on any atom is -0.352 e. The van der Waals surface area contributed by atoms with Crippen LogP contribution in [0.3, 0.4) is 0 Å². The molecule has 9 nitrogen and oxygen atoms in total. The van der Waals surface area contributed by atoms with E-state index in [9.17, 15) is 16.8 Å². The molecule has 2 fully saturated rings. The number of fused-ring (bicyclic) bond motifs is 1. The van der Waals surface area contributed by atoms with Crippen LogP contribution in [0.1, 0.15) is 26.7 Å². The molecule has 4 heterocycles. The number of nitrogens with zero attached hydrogens (tertiary/aromatic N) is 5. The minimum absolute atomic E-state index is 0.00894. The van der Waals surface area contributed by atoms with Crippen molar-refractivity contribution in [1.29, 1.82) is 0 Å². The lowest BCUT2D eigenvalue weighted by molar-refractivity contribution is 0.502. The predicted octanol–water partition coefficient (Wildman–Crippen LogP) is 5.08. The number of rotatable bonds is 6. The van der Waals surface area contributed by atoms with Gasteiger partial charge in [0.2, 0.25) is 0 Å². The summed E-state index contributed by atoms with van der Waals surface area (Å²) in [6.07, 6.45) is 3.47. The molecule has 1 saturated heterocycles. The van der Waals surface area contributed by atoms with Gasteiger partial charge in [0, 0.05) is 25.8 Å². The van der Waals surface area contributed by atoms with Gasteiger partial charge in [-0.25, -0.2) is 13.4 Å². The number of pyridine rings is 1. The highest BCUT2D eigenvalue weighted by Gasteiger charge is 2.53. The average molecular weight is 627 g/mol. The van der Waals surface area contributed by atoms with Crippen molar-refractivity contribution in [1.82, 2.24) is 14.2 Å². The number of hydrogen-bond acceptors (Lipinski definition) is 9. The van der Waals surface area contributed by atoms with Crippen LogP contribution < -0.4 is 9.80 Å². The topological polar surface area (TPSA) is 105 Å². The monoisotopic (exact) mass is 625 g/mol. The average Bonchev–Trinajstić information content (AvgIpc) is 3.30. The van der Waals surface area contributed by atoms with Crippen molar-refractivity contribution in [2.75, 3.05) is 29.4 Å². The molecular weight excluding hydrogens is 601 g/mol. The number of sulfone groups is 1. The third-order valence-corrected chi connectivity index (χ3v) is 13.7. The van der Waals surface area contributed by atoms with E-state index in [2.05, 4.69) is 19.9 Å². The normalized spacial score (nSPS) is 17.5. The molecule has 1 aromatic carbocycles. The molecule has 1 saturated carbocycles. The molecule has 0 unspecified atom stereocenters. The first kappa shape index (κ1) is 26.8. The molecule has 3 aromatic heterocycles. The molecule has 1 spiro atoms. The van der Waals surface area contributed by atoms with Crippen molar-refractivity contribution in [2.45, 2.75) is 45.9 Å². The Kier molecular flexibility index (Phi) is 6.42. The number of hydrogen-bond donors (Lipinski definition) is 0. The second kappa shape index (κ2) is 9.34. The quantitative estimate of drug-likeness (QED) is 0.292. The first-order chi connectivity index (χ1) is 18.4. The van der Waals surface area contributed by atoms with Crippen LogP contribution in [-0.2, 0) is 19.9 Å².